The summed E-state index contributed by atoms with van der Waals surface area (Å²) in [7, 11) is 0.922. The Kier molecular flexibility index (Phi) is 14.4. The number of alkyl carbamates (subject to hydrolysis) is 1. The van der Waals surface area contributed by atoms with E-state index in [0.29, 0.717) is 33.5 Å². The van der Waals surface area contributed by atoms with Crippen LogP contribution in [0.3, 0.4) is 0 Å². The standard InChI is InChI=1S/C46H51F7N8O4/c1-45(2,46(51,52)53)41(57-44(64)65-3)42(63)56-38(39(62)24-54-23-34-35(47)20-30(21-36(34)48)37-17-18-60(58-37)43(49)50)19-28-10-7-27(8-11-28)9-12-29-13-16-40(55-22-29)59-25-32-14-15-33(26-59)61(32)31-5-4-6-31/h7-8,10-11,13,16-18,20-22,31-33,38-39,41,43,54,62H,4-6,14-15,19,23-26H2,1-3H3,(H,56,63)(H,57,64)/t32?,33?,38-,39-,41+/m0/s1. The van der Waals surface area contributed by atoms with Crippen molar-refractivity contribution in [3.63, 3.8) is 0 Å². The van der Waals surface area contributed by atoms with Crippen LogP contribution in [0, 0.1) is 28.9 Å². The first-order valence-corrected chi connectivity index (χ1v) is 21.4. The molecule has 4 aromatic rings. The Hall–Kier alpha value is -5.71. The Morgan fingerprint density at radius 3 is 2.11 bits per heavy atom. The molecular formula is C46H51F7N8O4. The van der Waals surface area contributed by atoms with E-state index in [1.807, 2.05) is 17.4 Å². The minimum absolute atomic E-state index is 0.0952. The van der Waals surface area contributed by atoms with Gasteiger partial charge in [0.25, 0.3) is 0 Å². The second-order valence-electron chi connectivity index (χ2n) is 17.4. The van der Waals surface area contributed by atoms with E-state index >= 15 is 8.78 Å². The van der Waals surface area contributed by atoms with Crippen LogP contribution >= 0.6 is 0 Å². The molecule has 348 valence electrons. The molecule has 5 atom stereocenters. The fourth-order valence-corrected chi connectivity index (χ4v) is 8.64. The van der Waals surface area contributed by atoms with Crippen molar-refractivity contribution in [1.29, 1.82) is 0 Å². The number of anilines is 1. The molecule has 0 radical (unpaired) electrons. The highest BCUT2D eigenvalue weighted by Gasteiger charge is 2.56. The smallest absolute Gasteiger partial charge is 0.407 e. The van der Waals surface area contributed by atoms with E-state index in [-0.39, 0.29) is 17.7 Å². The van der Waals surface area contributed by atoms with Crippen LogP contribution in [0.25, 0.3) is 11.3 Å². The Balaban J connectivity index is 1.03. The van der Waals surface area contributed by atoms with Gasteiger partial charge in [-0.05, 0) is 94.0 Å². The summed E-state index contributed by atoms with van der Waals surface area (Å²) >= 11 is 0. The Morgan fingerprint density at radius 1 is 0.908 bits per heavy atom. The highest BCUT2D eigenvalue weighted by Crippen LogP contribution is 2.41. The minimum Gasteiger partial charge on any atom is -0.453 e. The molecule has 3 aliphatic rings. The van der Waals surface area contributed by atoms with E-state index in [1.165, 1.54) is 38.2 Å². The zero-order valence-corrected chi connectivity index (χ0v) is 36.0. The summed E-state index contributed by atoms with van der Waals surface area (Å²) in [5, 5.41) is 22.1. The normalized spacial score (nSPS) is 19.2. The van der Waals surface area contributed by atoms with Crippen molar-refractivity contribution in [3.8, 4) is 23.1 Å². The summed E-state index contributed by atoms with van der Waals surface area (Å²) in [6, 6.07) is 12.0. The number of nitrogens with zero attached hydrogens (tertiary/aromatic N) is 5. The quantitative estimate of drug-likeness (QED) is 0.0758. The van der Waals surface area contributed by atoms with Crippen LogP contribution in [0.5, 0.6) is 0 Å². The van der Waals surface area contributed by atoms with Gasteiger partial charge in [-0.2, -0.15) is 27.1 Å². The SMILES string of the molecule is COC(=O)N[C@H](C(=O)N[C@@H](Cc1ccc(C#Cc2ccc(N3CC4CCC(C3)N4C3CCC3)nc2)cc1)[C@@H](O)CNCc1c(F)cc(-c2ccn(C(F)F)n2)cc1F)C(C)(C)C(F)(F)F. The minimum atomic E-state index is -4.97. The number of rotatable bonds is 15. The first-order chi connectivity index (χ1) is 30.9. The second kappa shape index (κ2) is 19.8. The van der Waals surface area contributed by atoms with Crippen LogP contribution < -0.4 is 20.9 Å². The van der Waals surface area contributed by atoms with Gasteiger partial charge in [-0.1, -0.05) is 30.4 Å². The molecule has 2 saturated heterocycles. The van der Waals surface area contributed by atoms with E-state index < -0.39 is 78.6 Å². The highest BCUT2D eigenvalue weighted by molar-refractivity contribution is 5.87. The van der Waals surface area contributed by atoms with Crippen LogP contribution in [0.1, 0.15) is 74.8 Å². The molecule has 2 unspecified atom stereocenters. The van der Waals surface area contributed by atoms with Gasteiger partial charge in [0, 0.05) is 79.0 Å². The number of carbonyl (C=O) groups excluding carboxylic acids is 2. The average molecular weight is 913 g/mol. The van der Waals surface area contributed by atoms with Gasteiger partial charge in [-0.3, -0.25) is 9.69 Å². The lowest BCUT2D eigenvalue weighted by atomic mass is 9.82. The number of alkyl halides is 5. The van der Waals surface area contributed by atoms with Crippen molar-refractivity contribution >= 4 is 17.8 Å². The summed E-state index contributed by atoms with van der Waals surface area (Å²) < 4.78 is 104. The molecule has 2 aliphatic heterocycles. The van der Waals surface area contributed by atoms with Gasteiger partial charge >= 0.3 is 18.8 Å². The number of fused-ring (bicyclic) bond motifs is 2. The number of amides is 2. The zero-order chi connectivity index (χ0) is 46.6. The predicted octanol–water partition coefficient (Wildman–Crippen LogP) is 6.71. The topological polar surface area (TPSA) is 137 Å². The van der Waals surface area contributed by atoms with E-state index in [0.717, 1.165) is 64.2 Å². The number of aromatic nitrogens is 3. The number of nitrogens with one attached hydrogen (secondary N) is 3. The van der Waals surface area contributed by atoms with Crippen LogP contribution in [-0.2, 0) is 22.5 Å². The third-order valence-electron chi connectivity index (χ3n) is 12.7. The number of ether oxygens (including phenoxy) is 1. The summed E-state index contributed by atoms with van der Waals surface area (Å²) in [4.78, 5) is 35.6. The first-order valence-electron chi connectivity index (χ1n) is 21.4. The maximum Gasteiger partial charge on any atom is 0.407 e. The Labute approximate surface area is 371 Å². The number of halogens is 7. The number of benzene rings is 2. The predicted molar refractivity (Wildman–Crippen MR) is 227 cm³/mol. The highest BCUT2D eigenvalue weighted by atomic mass is 19.4. The van der Waals surface area contributed by atoms with Crippen LogP contribution in [-0.4, -0.2) is 106 Å². The molecule has 1 saturated carbocycles. The first kappa shape index (κ1) is 47.3. The molecule has 3 fully saturated rings. The van der Waals surface area contributed by atoms with Crippen molar-refractivity contribution in [2.45, 2.75) is 108 Å². The molecule has 1 aliphatic carbocycles. The third-order valence-corrected chi connectivity index (χ3v) is 12.7. The molecule has 19 heteroatoms. The second-order valence-corrected chi connectivity index (χ2v) is 17.4. The van der Waals surface area contributed by atoms with Gasteiger partial charge in [0.05, 0.1) is 30.4 Å². The lowest BCUT2D eigenvalue weighted by Crippen LogP contribution is -2.62. The molecule has 12 nitrogen and oxygen atoms in total. The Morgan fingerprint density at radius 2 is 1.55 bits per heavy atom. The largest absolute Gasteiger partial charge is 0.453 e. The molecule has 4 N–H and O–H groups in total. The number of piperazine rings is 1. The zero-order valence-electron chi connectivity index (χ0n) is 36.0. The third kappa shape index (κ3) is 10.9. The molecule has 2 bridgehead atoms. The van der Waals surface area contributed by atoms with Gasteiger partial charge in [0.1, 0.15) is 23.5 Å². The molecule has 2 aromatic carbocycles. The maximum atomic E-state index is 15.1. The number of aliphatic hydroxyl groups excluding tert-OH is 1. The van der Waals surface area contributed by atoms with Gasteiger partial charge in [-0.15, -0.1) is 0 Å². The van der Waals surface area contributed by atoms with Crippen LogP contribution in [0.15, 0.2) is 67.0 Å². The van der Waals surface area contributed by atoms with Gasteiger partial charge in [0.15, 0.2) is 0 Å². The summed E-state index contributed by atoms with van der Waals surface area (Å²) in [5.41, 5.74) is -1.60. The van der Waals surface area contributed by atoms with E-state index in [9.17, 15) is 36.6 Å². The summed E-state index contributed by atoms with van der Waals surface area (Å²) in [6.07, 6.45) is 1.08. The molecule has 0 spiro atoms. The van der Waals surface area contributed by atoms with Crippen molar-refractivity contribution in [2.75, 3.05) is 31.6 Å². The number of hydrogen-bond acceptors (Lipinski definition) is 9. The van der Waals surface area contributed by atoms with Crippen molar-refractivity contribution in [3.05, 3.63) is 101 Å². The fourth-order valence-electron chi connectivity index (χ4n) is 8.64. The number of pyridine rings is 1. The van der Waals surface area contributed by atoms with E-state index in [1.54, 1.807) is 30.5 Å². The fraction of sp³-hybridized carbons (Fsp3) is 0.478. The van der Waals surface area contributed by atoms with Gasteiger partial charge < -0.3 is 30.7 Å². The monoisotopic (exact) mass is 912 g/mol. The van der Waals surface area contributed by atoms with E-state index in [4.69, 9.17) is 4.98 Å². The number of methoxy groups -OCH3 is 1. The molecule has 7 rings (SSSR count). The van der Waals surface area contributed by atoms with Gasteiger partial charge in [0.2, 0.25) is 5.91 Å². The van der Waals surface area contributed by atoms with Gasteiger partial charge in [-0.25, -0.2) is 23.2 Å². The molecule has 2 amide bonds. The molecule has 4 heterocycles. The molecule has 2 aromatic heterocycles. The van der Waals surface area contributed by atoms with Crippen molar-refractivity contribution in [2.24, 2.45) is 5.41 Å². The average Bonchev–Trinajstić information content (AvgIpc) is 3.84. The number of aliphatic hydroxyl groups is 1. The summed E-state index contributed by atoms with van der Waals surface area (Å²) in [5.74, 6) is 3.77. The number of hydrogen-bond donors (Lipinski definition) is 4. The van der Waals surface area contributed by atoms with Crippen LogP contribution in [0.2, 0.25) is 0 Å². The summed E-state index contributed by atoms with van der Waals surface area (Å²) in [6.45, 7) is -0.485. The number of carbonyl (C=O) groups is 2. The van der Waals surface area contributed by atoms with Crippen molar-refractivity contribution < 1.29 is 50.2 Å². The molecule has 65 heavy (non-hydrogen) atoms. The van der Waals surface area contributed by atoms with Crippen molar-refractivity contribution in [1.82, 2.24) is 35.6 Å². The Bertz CT molecular complexity index is 2330. The lowest BCUT2D eigenvalue weighted by Gasteiger charge is -2.48. The maximum absolute atomic E-state index is 15.1. The van der Waals surface area contributed by atoms with Crippen LogP contribution in [0.4, 0.5) is 41.3 Å². The lowest BCUT2D eigenvalue weighted by molar-refractivity contribution is -0.220. The van der Waals surface area contributed by atoms with E-state index in [2.05, 4.69) is 42.1 Å². The molecular weight excluding hydrogens is 862 g/mol.